The first-order chi connectivity index (χ1) is 11.9. The Morgan fingerprint density at radius 1 is 0.960 bits per heavy atom. The van der Waals surface area contributed by atoms with Crippen LogP contribution in [0.2, 0.25) is 0 Å². The molecule has 1 amide bonds. The van der Waals surface area contributed by atoms with Gasteiger partial charge in [-0.2, -0.15) is 0 Å². The second kappa shape index (κ2) is 8.10. The number of hydrogen-bond acceptors (Lipinski definition) is 5. The number of rotatable bonds is 7. The number of aryl methyl sites for hydroxylation is 2. The smallest absolute Gasteiger partial charge is 0.344 e. The molecule has 130 valence electrons. The van der Waals surface area contributed by atoms with Crippen LogP contribution in [0, 0.1) is 13.8 Å². The fourth-order valence-electron chi connectivity index (χ4n) is 2.12. The Morgan fingerprint density at radius 2 is 1.68 bits per heavy atom. The van der Waals surface area contributed by atoms with Crippen molar-refractivity contribution in [1.29, 1.82) is 0 Å². The van der Waals surface area contributed by atoms with Gasteiger partial charge in [0.2, 0.25) is 0 Å². The summed E-state index contributed by atoms with van der Waals surface area (Å²) in [5, 5.41) is 0. The number of hydrogen-bond donors (Lipinski definition) is 1. The molecule has 0 atom stereocenters. The summed E-state index contributed by atoms with van der Waals surface area (Å²) < 4.78 is 10.2. The predicted molar refractivity (Wildman–Crippen MR) is 91.7 cm³/mol. The summed E-state index contributed by atoms with van der Waals surface area (Å²) in [5.41, 5.74) is 7.95. The molecule has 25 heavy (non-hydrogen) atoms. The molecule has 2 aromatic rings. The lowest BCUT2D eigenvalue weighted by Crippen LogP contribution is -2.21. The number of para-hydroxylation sites is 1. The van der Waals surface area contributed by atoms with E-state index in [0.717, 1.165) is 11.1 Å². The van der Waals surface area contributed by atoms with Gasteiger partial charge >= 0.3 is 5.97 Å². The maximum absolute atomic E-state index is 12.1. The van der Waals surface area contributed by atoms with E-state index in [1.807, 2.05) is 19.9 Å². The highest BCUT2D eigenvalue weighted by Gasteiger charge is 2.13. The van der Waals surface area contributed by atoms with Gasteiger partial charge in [-0.3, -0.25) is 9.59 Å². The highest BCUT2D eigenvalue weighted by Crippen LogP contribution is 2.17. The highest BCUT2D eigenvalue weighted by atomic mass is 16.6. The fourth-order valence-corrected chi connectivity index (χ4v) is 2.12. The van der Waals surface area contributed by atoms with Crippen molar-refractivity contribution in [3.05, 3.63) is 64.7 Å². The molecule has 2 rings (SSSR count). The molecule has 0 bridgehead atoms. The van der Waals surface area contributed by atoms with E-state index in [-0.39, 0.29) is 23.7 Å². The lowest BCUT2D eigenvalue weighted by molar-refractivity contribution is -0.144. The molecule has 0 radical (unpaired) electrons. The van der Waals surface area contributed by atoms with Crippen LogP contribution in [0.5, 0.6) is 5.75 Å². The zero-order valence-corrected chi connectivity index (χ0v) is 14.1. The van der Waals surface area contributed by atoms with Crippen LogP contribution in [0.1, 0.15) is 31.8 Å². The minimum atomic E-state index is -0.712. The number of Topliss-reactive ketones (excluding diaryl/α,β-unsaturated/α-hetero) is 1. The molecule has 0 unspecified atom stereocenters. The van der Waals surface area contributed by atoms with Crippen molar-refractivity contribution in [3.8, 4) is 5.75 Å². The number of carbonyl (C=O) groups excluding carboxylic acids is 3. The molecule has 0 aliphatic heterocycles. The number of carbonyl (C=O) groups is 3. The van der Waals surface area contributed by atoms with E-state index in [1.165, 1.54) is 12.1 Å². The largest absolute Gasteiger partial charge is 0.481 e. The Bertz CT molecular complexity index is 813. The molecule has 0 spiro atoms. The third-order valence-corrected chi connectivity index (χ3v) is 3.69. The van der Waals surface area contributed by atoms with Crippen LogP contribution in [-0.4, -0.2) is 30.9 Å². The molecule has 0 aromatic heterocycles. The van der Waals surface area contributed by atoms with Crippen molar-refractivity contribution >= 4 is 17.7 Å². The van der Waals surface area contributed by atoms with E-state index < -0.39 is 18.5 Å². The molecular weight excluding hydrogens is 322 g/mol. The summed E-state index contributed by atoms with van der Waals surface area (Å²) in [7, 11) is 0. The van der Waals surface area contributed by atoms with Crippen LogP contribution >= 0.6 is 0 Å². The zero-order chi connectivity index (χ0) is 18.4. The van der Waals surface area contributed by atoms with Crippen LogP contribution in [0.4, 0.5) is 0 Å². The molecule has 0 heterocycles. The number of amides is 1. The molecule has 0 aliphatic carbocycles. The molecule has 0 fully saturated rings. The summed E-state index contributed by atoms with van der Waals surface area (Å²) >= 11 is 0. The summed E-state index contributed by atoms with van der Waals surface area (Å²) in [6.07, 6.45) is 0. The Hall–Kier alpha value is -3.15. The minimum Gasteiger partial charge on any atom is -0.481 e. The van der Waals surface area contributed by atoms with Crippen molar-refractivity contribution in [3.63, 3.8) is 0 Å². The van der Waals surface area contributed by atoms with Gasteiger partial charge in [0, 0.05) is 5.56 Å². The number of benzene rings is 2. The zero-order valence-electron chi connectivity index (χ0n) is 14.1. The SMILES string of the molecule is Cc1ccc(C(=O)COC(=O)COc2ccccc2C(N)=O)cc1C. The van der Waals surface area contributed by atoms with Gasteiger partial charge in [0.25, 0.3) is 5.91 Å². The fraction of sp³-hybridized carbons (Fsp3) is 0.211. The number of esters is 1. The molecular formula is C19H19NO5. The molecule has 0 aliphatic rings. The number of ketones is 1. The molecule has 2 N–H and O–H groups in total. The van der Waals surface area contributed by atoms with E-state index >= 15 is 0 Å². The van der Waals surface area contributed by atoms with E-state index in [1.54, 1.807) is 24.3 Å². The molecule has 0 saturated heterocycles. The molecule has 6 heteroatoms. The second-order valence-electron chi connectivity index (χ2n) is 5.53. The Balaban J connectivity index is 1.88. The van der Waals surface area contributed by atoms with Crippen molar-refractivity contribution in [2.45, 2.75) is 13.8 Å². The monoisotopic (exact) mass is 341 g/mol. The standard InChI is InChI=1S/C19H19NO5/c1-12-7-8-14(9-13(12)2)16(21)10-25-18(22)11-24-17-6-4-3-5-15(17)19(20)23/h3-9H,10-11H2,1-2H3,(H2,20,23). The maximum Gasteiger partial charge on any atom is 0.344 e. The Morgan fingerprint density at radius 3 is 2.36 bits per heavy atom. The van der Waals surface area contributed by atoms with E-state index in [0.29, 0.717) is 5.56 Å². The van der Waals surface area contributed by atoms with E-state index in [2.05, 4.69) is 0 Å². The van der Waals surface area contributed by atoms with Gasteiger partial charge in [-0.15, -0.1) is 0 Å². The average molecular weight is 341 g/mol. The number of nitrogens with two attached hydrogens (primary N) is 1. The summed E-state index contributed by atoms with van der Waals surface area (Å²) in [5.74, 6) is -1.48. The average Bonchev–Trinajstić information content (AvgIpc) is 2.60. The van der Waals surface area contributed by atoms with Crippen molar-refractivity contribution in [2.75, 3.05) is 13.2 Å². The van der Waals surface area contributed by atoms with Gasteiger partial charge in [0.05, 0.1) is 5.56 Å². The lowest BCUT2D eigenvalue weighted by Gasteiger charge is -2.09. The predicted octanol–water partition coefficient (Wildman–Crippen LogP) is 2.21. The van der Waals surface area contributed by atoms with E-state index in [9.17, 15) is 14.4 Å². The molecule has 0 saturated carbocycles. The first kappa shape index (κ1) is 18.2. The third kappa shape index (κ3) is 4.91. The molecule has 6 nitrogen and oxygen atoms in total. The minimum absolute atomic E-state index is 0.168. The Kier molecular flexibility index (Phi) is 5.89. The third-order valence-electron chi connectivity index (χ3n) is 3.69. The van der Waals surface area contributed by atoms with Crippen molar-refractivity contribution in [1.82, 2.24) is 0 Å². The van der Waals surface area contributed by atoms with Gasteiger partial charge in [-0.05, 0) is 43.2 Å². The Labute approximate surface area is 145 Å². The summed E-state index contributed by atoms with van der Waals surface area (Å²) in [4.78, 5) is 35.1. The maximum atomic E-state index is 12.1. The van der Waals surface area contributed by atoms with Crippen LogP contribution < -0.4 is 10.5 Å². The van der Waals surface area contributed by atoms with Crippen molar-refractivity contribution < 1.29 is 23.9 Å². The van der Waals surface area contributed by atoms with Crippen LogP contribution in [0.25, 0.3) is 0 Å². The van der Waals surface area contributed by atoms with Gasteiger partial charge in [-0.25, -0.2) is 4.79 Å². The first-order valence-corrected chi connectivity index (χ1v) is 7.66. The molecule has 2 aromatic carbocycles. The lowest BCUT2D eigenvalue weighted by atomic mass is 10.0. The number of primary amides is 1. The van der Waals surface area contributed by atoms with Gasteiger partial charge in [0.15, 0.2) is 19.0 Å². The van der Waals surface area contributed by atoms with Gasteiger partial charge in [0.1, 0.15) is 5.75 Å². The van der Waals surface area contributed by atoms with Crippen LogP contribution in [-0.2, 0) is 9.53 Å². The van der Waals surface area contributed by atoms with Crippen molar-refractivity contribution in [2.24, 2.45) is 5.73 Å². The highest BCUT2D eigenvalue weighted by molar-refractivity contribution is 5.98. The second-order valence-corrected chi connectivity index (χ2v) is 5.53. The summed E-state index contributed by atoms with van der Waals surface area (Å²) in [6, 6.07) is 11.6. The van der Waals surface area contributed by atoms with E-state index in [4.69, 9.17) is 15.2 Å². The van der Waals surface area contributed by atoms with Gasteiger partial charge < -0.3 is 15.2 Å². The van der Waals surface area contributed by atoms with Crippen LogP contribution in [0.3, 0.4) is 0 Å². The van der Waals surface area contributed by atoms with Gasteiger partial charge in [-0.1, -0.05) is 24.3 Å². The normalized spacial score (nSPS) is 10.2. The first-order valence-electron chi connectivity index (χ1n) is 7.66. The number of ether oxygens (including phenoxy) is 2. The quantitative estimate of drug-likeness (QED) is 0.615. The summed E-state index contributed by atoms with van der Waals surface area (Å²) in [6.45, 7) is 3.06. The van der Waals surface area contributed by atoms with Crippen LogP contribution in [0.15, 0.2) is 42.5 Å². The topological polar surface area (TPSA) is 95.7 Å².